The maximum absolute atomic E-state index is 12.9. The van der Waals surface area contributed by atoms with Crippen molar-refractivity contribution in [2.24, 2.45) is 5.16 Å². The first-order valence-corrected chi connectivity index (χ1v) is 13.6. The zero-order valence-electron chi connectivity index (χ0n) is 19.5. The number of nitrogens with one attached hydrogen (secondary N) is 1. The number of hydrogen-bond donors (Lipinski definition) is 3. The van der Waals surface area contributed by atoms with Gasteiger partial charge in [-0.25, -0.2) is 9.78 Å². The minimum atomic E-state index is -4.34. The molecule has 202 valence electrons. The summed E-state index contributed by atoms with van der Waals surface area (Å²) in [5, 5.41) is 17.2. The average molecular weight is 590 g/mol. The number of thioether (sulfide) groups is 2. The number of thiazole rings is 1. The van der Waals surface area contributed by atoms with Gasteiger partial charge in [-0.2, -0.15) is 17.7 Å². The lowest BCUT2D eigenvalue weighted by Crippen LogP contribution is -2.71. The van der Waals surface area contributed by atoms with Gasteiger partial charge < -0.3 is 21.0 Å². The Morgan fingerprint density at radius 2 is 2.11 bits per heavy atom. The maximum atomic E-state index is 12.9. The van der Waals surface area contributed by atoms with Crippen LogP contribution in [0.1, 0.15) is 5.69 Å². The fourth-order valence-corrected chi connectivity index (χ4v) is 6.64. The molecular formula is C21H20F3N6O5S3+. The predicted octanol–water partition coefficient (Wildman–Crippen LogP) is 1.46. The van der Waals surface area contributed by atoms with Crippen molar-refractivity contribution < 1.29 is 42.1 Å². The highest BCUT2D eigenvalue weighted by atomic mass is 32.2. The van der Waals surface area contributed by atoms with Crippen LogP contribution < -0.4 is 15.6 Å². The molecule has 1 fully saturated rings. The molecule has 38 heavy (non-hydrogen) atoms. The molecule has 1 saturated heterocycles. The summed E-state index contributed by atoms with van der Waals surface area (Å²) in [6.07, 6.45) is -1.76. The molecule has 2 aromatic heterocycles. The molecule has 2 aliphatic rings. The van der Waals surface area contributed by atoms with Crippen molar-refractivity contribution in [2.45, 2.75) is 29.0 Å². The van der Waals surface area contributed by atoms with E-state index >= 15 is 0 Å². The third-order valence-electron chi connectivity index (χ3n) is 5.33. The predicted molar refractivity (Wildman–Crippen MR) is 133 cm³/mol. The van der Waals surface area contributed by atoms with Crippen LogP contribution in [0.2, 0.25) is 0 Å². The molecule has 0 spiro atoms. The number of halogens is 3. The zero-order chi connectivity index (χ0) is 27.6. The molecule has 0 unspecified atom stereocenters. The summed E-state index contributed by atoms with van der Waals surface area (Å²) in [7, 11) is 1.25. The van der Waals surface area contributed by atoms with E-state index in [0.717, 1.165) is 20.8 Å². The third kappa shape index (κ3) is 6.05. The monoisotopic (exact) mass is 589 g/mol. The molecule has 4 heterocycles. The Kier molecular flexibility index (Phi) is 8.17. The van der Waals surface area contributed by atoms with E-state index in [1.165, 1.54) is 60.5 Å². The first kappa shape index (κ1) is 27.7. The fraction of sp³-hybridized carbons (Fsp3) is 0.333. The van der Waals surface area contributed by atoms with Gasteiger partial charge in [0.25, 0.3) is 11.8 Å². The smallest absolute Gasteiger partial charge is 0.448 e. The molecule has 2 aliphatic heterocycles. The number of carbonyl (C=O) groups is 3. The molecule has 4 N–H and O–H groups in total. The van der Waals surface area contributed by atoms with Crippen LogP contribution in [0, 0.1) is 0 Å². The molecular weight excluding hydrogens is 569 g/mol. The molecule has 0 radical (unpaired) electrons. The number of β-lactam (4-membered cyclic amide) rings is 1. The quantitative estimate of drug-likeness (QED) is 0.130. The van der Waals surface area contributed by atoms with Gasteiger partial charge in [0.15, 0.2) is 23.2 Å². The number of oxime groups is 1. The van der Waals surface area contributed by atoms with E-state index in [2.05, 4.69) is 15.5 Å². The first-order chi connectivity index (χ1) is 18.0. The highest BCUT2D eigenvalue weighted by Gasteiger charge is 2.54. The van der Waals surface area contributed by atoms with E-state index in [1.54, 1.807) is 0 Å². The molecule has 0 bridgehead atoms. The number of carboxylic acid groups (broad SMARTS) is 1. The van der Waals surface area contributed by atoms with Gasteiger partial charge in [-0.15, -0.1) is 34.9 Å². The van der Waals surface area contributed by atoms with Crippen LogP contribution in [0.4, 0.5) is 18.3 Å². The number of amides is 2. The van der Waals surface area contributed by atoms with Gasteiger partial charge in [-0.3, -0.25) is 14.5 Å². The van der Waals surface area contributed by atoms with Crippen molar-refractivity contribution in [1.29, 1.82) is 0 Å². The second-order valence-electron chi connectivity index (χ2n) is 7.92. The molecule has 0 saturated carbocycles. The number of hydrogen-bond acceptors (Lipinski definition) is 10. The molecule has 0 aliphatic carbocycles. The Morgan fingerprint density at radius 3 is 2.68 bits per heavy atom. The molecule has 11 nitrogen and oxygen atoms in total. The molecule has 2 atom stereocenters. The minimum Gasteiger partial charge on any atom is -0.477 e. The molecule has 17 heteroatoms. The summed E-state index contributed by atoms with van der Waals surface area (Å²) in [4.78, 5) is 48.3. The molecule has 2 aromatic rings. The van der Waals surface area contributed by atoms with Crippen molar-refractivity contribution in [3.8, 4) is 0 Å². The SMILES string of the molecule is CON=C(C(=O)N[C@@H]1C(=O)N2C(C(=O)O)=C(CSc3cc[n+](CC(F)(F)F)cc3)CS[C@H]12)c1csc(N)n1. The Labute approximate surface area is 225 Å². The van der Waals surface area contributed by atoms with Gasteiger partial charge in [0.05, 0.1) is 0 Å². The second kappa shape index (κ2) is 11.2. The number of fused-ring (bicyclic) bond motifs is 1. The lowest BCUT2D eigenvalue weighted by atomic mass is 10.0. The van der Waals surface area contributed by atoms with Crippen LogP contribution >= 0.6 is 34.9 Å². The topological polar surface area (TPSA) is 151 Å². The molecule has 2 amide bonds. The summed E-state index contributed by atoms with van der Waals surface area (Å²) < 4.78 is 38.6. The normalized spacial score (nSPS) is 19.6. The van der Waals surface area contributed by atoms with Crippen molar-refractivity contribution >= 4 is 63.5 Å². The van der Waals surface area contributed by atoms with E-state index < -0.39 is 41.9 Å². The van der Waals surface area contributed by atoms with Gasteiger partial charge in [-0.05, 0) is 5.57 Å². The molecule has 4 rings (SSSR count). The van der Waals surface area contributed by atoms with E-state index in [9.17, 15) is 32.7 Å². The second-order valence-corrected chi connectivity index (χ2v) is 11.0. The standard InChI is InChI=1S/C21H19F3N6O5S3/c1-35-28-13(12-8-38-20(25)26-12)16(31)27-14-17(32)30-15(19(33)34)10(7-37-18(14)30)6-36-11-2-4-29(5-3-11)9-21(22,23)24/h2-5,8,14,18H,6-7,9H2,1H3,(H3-,25,26,27,31,33,34)/p+1/t14-,18-/m1/s1. The van der Waals surface area contributed by atoms with Crippen LogP contribution in [0.15, 0.2) is 51.2 Å². The number of pyridine rings is 1. The Morgan fingerprint density at radius 1 is 1.39 bits per heavy atom. The van der Waals surface area contributed by atoms with E-state index in [4.69, 9.17) is 10.6 Å². The van der Waals surface area contributed by atoms with Crippen LogP contribution in [0.5, 0.6) is 0 Å². The van der Waals surface area contributed by atoms with E-state index in [0.29, 0.717) is 10.5 Å². The number of nitrogens with two attached hydrogens (primary N) is 1. The number of aliphatic carboxylic acids is 1. The van der Waals surface area contributed by atoms with Crippen molar-refractivity contribution in [1.82, 2.24) is 15.2 Å². The number of rotatable bonds is 9. The van der Waals surface area contributed by atoms with E-state index in [1.807, 2.05) is 0 Å². The number of alkyl halides is 3. The Bertz CT molecular complexity index is 1310. The van der Waals surface area contributed by atoms with Gasteiger partial charge in [0.1, 0.15) is 29.9 Å². The number of carbonyl (C=O) groups excluding carboxylic acids is 2. The van der Waals surface area contributed by atoms with Gasteiger partial charge in [0, 0.05) is 33.9 Å². The highest BCUT2D eigenvalue weighted by molar-refractivity contribution is 8.01. The number of nitrogens with zero attached hydrogens (tertiary/aromatic N) is 4. The van der Waals surface area contributed by atoms with Gasteiger partial charge in [0.2, 0.25) is 6.54 Å². The summed E-state index contributed by atoms with van der Waals surface area (Å²) in [6, 6.07) is 2.02. The minimum absolute atomic E-state index is 0.169. The zero-order valence-corrected chi connectivity index (χ0v) is 21.9. The van der Waals surface area contributed by atoms with Crippen LogP contribution in [0.25, 0.3) is 0 Å². The van der Waals surface area contributed by atoms with Crippen LogP contribution in [-0.2, 0) is 25.8 Å². The van der Waals surface area contributed by atoms with Crippen LogP contribution in [-0.4, -0.2) is 74.7 Å². The van der Waals surface area contributed by atoms with E-state index in [-0.39, 0.29) is 33.7 Å². The van der Waals surface area contributed by atoms with Crippen molar-refractivity contribution in [2.75, 3.05) is 24.3 Å². The lowest BCUT2D eigenvalue weighted by molar-refractivity contribution is -0.719. The van der Waals surface area contributed by atoms with Gasteiger partial charge in [-0.1, -0.05) is 5.16 Å². The van der Waals surface area contributed by atoms with Crippen LogP contribution in [0.3, 0.4) is 0 Å². The third-order valence-corrected chi connectivity index (χ3v) is 8.45. The average Bonchev–Trinajstić information content (AvgIpc) is 3.29. The lowest BCUT2D eigenvalue weighted by Gasteiger charge is -2.49. The Hall–Kier alpha value is -3.31. The first-order valence-electron chi connectivity index (χ1n) is 10.7. The number of nitrogen functional groups attached to an aromatic ring is 1. The summed E-state index contributed by atoms with van der Waals surface area (Å²) in [5.74, 6) is -2.14. The maximum Gasteiger partial charge on any atom is 0.448 e. The highest BCUT2D eigenvalue weighted by Crippen LogP contribution is 2.41. The fourth-order valence-electron chi connectivity index (χ4n) is 3.72. The molecule has 0 aromatic carbocycles. The summed E-state index contributed by atoms with van der Waals surface area (Å²) in [6.45, 7) is -1.12. The number of anilines is 1. The summed E-state index contributed by atoms with van der Waals surface area (Å²) >= 11 is 3.62. The van der Waals surface area contributed by atoms with Gasteiger partial charge >= 0.3 is 12.1 Å². The largest absolute Gasteiger partial charge is 0.477 e. The summed E-state index contributed by atoms with van der Waals surface area (Å²) in [5.41, 5.74) is 5.92. The number of carboxylic acids is 1. The van der Waals surface area contributed by atoms with Crippen molar-refractivity contribution in [3.63, 3.8) is 0 Å². The van der Waals surface area contributed by atoms with Crippen molar-refractivity contribution in [3.05, 3.63) is 46.9 Å². The Balaban J connectivity index is 1.44. The number of aromatic nitrogens is 2.